The fourth-order valence-corrected chi connectivity index (χ4v) is 16.1. The molecule has 15 rings (SSSR count). The van der Waals surface area contributed by atoms with Crippen LogP contribution in [-0.4, -0.2) is 104 Å². The van der Waals surface area contributed by atoms with Crippen LogP contribution in [0.4, 0.5) is 0 Å². The van der Waals surface area contributed by atoms with Crippen molar-refractivity contribution in [1.29, 1.82) is 0 Å². The molecule has 102 heavy (non-hydrogen) atoms. The number of aryl methyl sites for hydroxylation is 6. The van der Waals surface area contributed by atoms with Gasteiger partial charge in [-0.05, 0) is 187 Å². The van der Waals surface area contributed by atoms with Crippen molar-refractivity contribution < 1.29 is 68.1 Å². The van der Waals surface area contributed by atoms with Crippen LogP contribution in [0.5, 0.6) is 17.2 Å². The van der Waals surface area contributed by atoms with E-state index in [1.165, 1.54) is 89.9 Å². The first kappa shape index (κ1) is 77.1. The molecule has 9 aromatic carbocycles. The van der Waals surface area contributed by atoms with E-state index in [1.807, 2.05) is 0 Å². The van der Waals surface area contributed by atoms with Gasteiger partial charge in [0.1, 0.15) is 55.1 Å². The molecule has 3 saturated carbocycles. The van der Waals surface area contributed by atoms with Gasteiger partial charge in [-0.2, -0.15) is 0 Å². The minimum Gasteiger partial charge on any atom is -1.00 e. The van der Waals surface area contributed by atoms with E-state index in [0.29, 0.717) is 48.7 Å². The van der Waals surface area contributed by atoms with Crippen molar-refractivity contribution in [3.8, 4) is 17.2 Å². The van der Waals surface area contributed by atoms with Crippen molar-refractivity contribution in [2.75, 3.05) is 33.0 Å². The third kappa shape index (κ3) is 19.3. The van der Waals surface area contributed by atoms with Crippen LogP contribution in [0.1, 0.15) is 193 Å². The number of hydrogen-bond donors (Lipinski definition) is 1. The van der Waals surface area contributed by atoms with Gasteiger partial charge >= 0.3 is 24.8 Å². The predicted octanol–water partition coefficient (Wildman–Crippen LogP) is 14.7. The van der Waals surface area contributed by atoms with E-state index in [-0.39, 0.29) is 107 Å². The molecule has 0 saturated heterocycles. The number of aliphatic hydroxyl groups is 1. The molecule has 0 spiro atoms. The molecule has 6 aliphatic carbocycles. The Hall–Kier alpha value is -7.51. The molecular weight excluding hydrogens is 1270 g/mol. The van der Waals surface area contributed by atoms with E-state index >= 15 is 0 Å². The van der Waals surface area contributed by atoms with E-state index in [1.54, 1.807) is 6.92 Å². The molecule has 9 aromatic rings. The van der Waals surface area contributed by atoms with Gasteiger partial charge in [-0.3, -0.25) is 0 Å². The second-order valence-electron chi connectivity index (χ2n) is 28.1. The molecule has 6 atom stereocenters. The van der Waals surface area contributed by atoms with Gasteiger partial charge < -0.3 is 44.5 Å². The Morgan fingerprint density at radius 3 is 1.07 bits per heavy atom. The Bertz CT molecular complexity index is 4070. The molecule has 0 aliphatic heterocycles. The molecule has 0 aromatic heterocycles. The fraction of sp³-hybridized carbons (Fsp3) is 0.378. The van der Waals surface area contributed by atoms with Crippen molar-refractivity contribution in [2.45, 2.75) is 184 Å². The van der Waals surface area contributed by atoms with E-state index in [4.69, 9.17) is 38.3 Å². The van der Waals surface area contributed by atoms with Gasteiger partial charge in [0.05, 0.1) is 38.1 Å². The Morgan fingerprint density at radius 1 is 0.431 bits per heavy atom. The minimum atomic E-state index is -0.305. The van der Waals surface area contributed by atoms with Gasteiger partial charge in [0.25, 0.3) is 0 Å². The molecule has 0 bridgehead atoms. The topological polar surface area (TPSA) is 119 Å². The zero-order valence-electron chi connectivity index (χ0n) is 59.9. The summed E-state index contributed by atoms with van der Waals surface area (Å²) in [4.78, 5) is 21.9. The number of carbonyl (C=O) groups is 2. The fourth-order valence-electron chi connectivity index (χ4n) is 16.1. The summed E-state index contributed by atoms with van der Waals surface area (Å²) in [6.07, 6.45) is 13.7. The summed E-state index contributed by atoms with van der Waals surface area (Å²) >= 11 is 0. The zero-order valence-corrected chi connectivity index (χ0v) is 58.9. The van der Waals surface area contributed by atoms with Crippen LogP contribution < -0.4 is 33.1 Å². The van der Waals surface area contributed by atoms with Gasteiger partial charge in [-0.1, -0.05) is 206 Å². The SMILES string of the molecule is C.CCOC(=O)COC1CC(Oc2ccc([C@@H]3c4ccc(C)cc4CC[C@@H]3c3ccccc3)cc2)C1.Cc1ccc2c(c1)CC[C@H](c1ccccc1)[C@@H]2c1ccc(OC2CC(OCC=O)C2)cc1.Cc1ccc2c(c1)CC[C@H](c1ccccc1)[C@@H]2c1ccc(OC2CC(OCCO)C2)cc1.[AlH3].[H-].[Li+]. The molecule has 6 aliphatic rings. The van der Waals surface area contributed by atoms with Crippen molar-refractivity contribution in [1.82, 2.24) is 0 Å². The van der Waals surface area contributed by atoms with Crippen LogP contribution in [0.15, 0.2) is 218 Å². The molecule has 10 nitrogen and oxygen atoms in total. The van der Waals surface area contributed by atoms with Crippen LogP contribution >= 0.6 is 0 Å². The van der Waals surface area contributed by atoms with Crippen LogP contribution in [0.25, 0.3) is 0 Å². The number of benzene rings is 9. The number of rotatable bonds is 22. The quantitative estimate of drug-likeness (QED) is 0.0399. The number of aliphatic hydroxyl groups excluding tert-OH is 1. The maximum Gasteiger partial charge on any atom is 1.00 e. The van der Waals surface area contributed by atoms with E-state index in [9.17, 15) is 9.59 Å². The normalized spacial score (nSPS) is 23.2. The summed E-state index contributed by atoms with van der Waals surface area (Å²) in [6.45, 7) is 9.41. The average molecular weight is 1380 g/mol. The van der Waals surface area contributed by atoms with Gasteiger partial charge in [0.15, 0.2) is 17.4 Å². The number of carbonyl (C=O) groups excluding carboxylic acids is 2. The summed E-state index contributed by atoms with van der Waals surface area (Å²) in [5, 5.41) is 8.88. The smallest absolute Gasteiger partial charge is 1.00 e. The van der Waals surface area contributed by atoms with Crippen molar-refractivity contribution in [3.63, 3.8) is 0 Å². The summed E-state index contributed by atoms with van der Waals surface area (Å²) in [5.74, 6) is 4.87. The maximum atomic E-state index is 11.5. The monoisotopic (exact) mass is 1380 g/mol. The third-order valence-electron chi connectivity index (χ3n) is 21.3. The van der Waals surface area contributed by atoms with E-state index in [2.05, 4.69) is 239 Å². The van der Waals surface area contributed by atoms with Crippen molar-refractivity contribution in [2.24, 2.45) is 0 Å². The summed E-state index contributed by atoms with van der Waals surface area (Å²) in [6, 6.07) is 79.8. The van der Waals surface area contributed by atoms with Crippen LogP contribution in [0.2, 0.25) is 0 Å². The first-order chi connectivity index (χ1) is 48.5. The van der Waals surface area contributed by atoms with E-state index in [0.717, 1.165) is 94.2 Å². The average Bonchev–Trinajstić information content (AvgIpc) is 0.779. The molecule has 0 heterocycles. The van der Waals surface area contributed by atoms with Crippen molar-refractivity contribution in [3.05, 3.63) is 302 Å². The molecule has 0 radical (unpaired) electrons. The number of esters is 1. The Kier molecular flexibility index (Phi) is 28.2. The summed E-state index contributed by atoms with van der Waals surface area (Å²) in [7, 11) is 0. The molecule has 0 amide bonds. The molecular formula is C90H104AlLiO10. The van der Waals surface area contributed by atoms with E-state index < -0.39 is 0 Å². The van der Waals surface area contributed by atoms with Gasteiger partial charge in [0, 0.05) is 56.3 Å². The number of aldehydes is 1. The number of fused-ring (bicyclic) bond motifs is 3. The summed E-state index contributed by atoms with van der Waals surface area (Å²) < 4.78 is 40.0. The standard InChI is InChI=1S/C31H34O4.C29H32O3.C29H30O3.CH4.Al.Li.4H/c1-3-33-30(32)20-34-26-18-27(19-26)35-25-13-10-23(11-14-25)31-28(22-7-5-4-6-8-22)16-12-24-17-21(2)9-15-29(24)31;2*1-20-7-13-28-23(17-20)10-14-27(21-5-3-2-4-6-21)29(28)22-8-11-24(12-9-22)32-26-18-25(19-26)31-16-15-30;;;;;;;/h4-11,13-15,17,26-28,31H,3,12,16,18-20H2,1-2H3;2-9,11-13,17,25-27,29-30H,10,14-16,18-19H2,1H3;2-9,11-13,15,17,25-27,29H,10,14,16,18-19H2,1H3;1H4;;;;;;/q;;;;;+1;;;;-1/t26?,27?,28-,31+;2*25?,26?,27-,29+;;;;;;;/m111......./s1. The van der Waals surface area contributed by atoms with Gasteiger partial charge in [0.2, 0.25) is 0 Å². The second kappa shape index (κ2) is 37.3. The summed E-state index contributed by atoms with van der Waals surface area (Å²) in [5.41, 5.74) is 21.1. The first-order valence-electron chi connectivity index (χ1n) is 36.3. The predicted molar refractivity (Wildman–Crippen MR) is 409 cm³/mol. The largest absolute Gasteiger partial charge is 1.00 e. The third-order valence-corrected chi connectivity index (χ3v) is 21.3. The van der Waals surface area contributed by atoms with Gasteiger partial charge in [-0.15, -0.1) is 0 Å². The molecule has 528 valence electrons. The molecule has 1 N–H and O–H groups in total. The van der Waals surface area contributed by atoms with Crippen molar-refractivity contribution >= 4 is 29.6 Å². The van der Waals surface area contributed by atoms with Crippen LogP contribution in [-0.2, 0) is 47.8 Å². The van der Waals surface area contributed by atoms with Gasteiger partial charge in [-0.25, -0.2) is 4.79 Å². The van der Waals surface area contributed by atoms with Crippen LogP contribution in [0.3, 0.4) is 0 Å². The molecule has 12 heteroatoms. The van der Waals surface area contributed by atoms with Crippen LogP contribution in [0, 0.1) is 20.8 Å². The minimum absolute atomic E-state index is 0. The molecule has 0 unspecified atom stereocenters. The second-order valence-corrected chi connectivity index (χ2v) is 28.1. The Morgan fingerprint density at radius 2 is 0.755 bits per heavy atom. The Labute approximate surface area is 630 Å². The number of ether oxygens (including phenoxy) is 7. The zero-order chi connectivity index (χ0) is 68.0. The number of hydrogen-bond acceptors (Lipinski definition) is 10. The maximum absolute atomic E-state index is 11.5. The first-order valence-corrected chi connectivity index (χ1v) is 36.3. The Balaban J connectivity index is 0.000000176. The molecule has 3 fully saturated rings.